The van der Waals surface area contributed by atoms with E-state index in [1.807, 2.05) is 60.7 Å². The van der Waals surface area contributed by atoms with Gasteiger partial charge < -0.3 is 15.2 Å². The van der Waals surface area contributed by atoms with Crippen LogP contribution in [-0.2, 0) is 19.8 Å². The lowest BCUT2D eigenvalue weighted by Gasteiger charge is -2.31. The van der Waals surface area contributed by atoms with Crippen molar-refractivity contribution in [3.05, 3.63) is 71.8 Å². The highest BCUT2D eigenvalue weighted by atomic mass is 16.4. The Morgan fingerprint density at radius 3 is 1.81 bits per heavy atom. The summed E-state index contributed by atoms with van der Waals surface area (Å²) < 4.78 is 0. The van der Waals surface area contributed by atoms with E-state index in [9.17, 15) is 19.5 Å². The molecule has 0 heterocycles. The van der Waals surface area contributed by atoms with Gasteiger partial charge in [0, 0.05) is 6.42 Å². The third-order valence-corrected chi connectivity index (χ3v) is 4.54. The van der Waals surface area contributed by atoms with Crippen LogP contribution in [0.5, 0.6) is 0 Å². The van der Waals surface area contributed by atoms with Crippen LogP contribution in [0.4, 0.5) is 0 Å². The highest BCUT2D eigenvalue weighted by Gasteiger charge is 2.38. The summed E-state index contributed by atoms with van der Waals surface area (Å²) >= 11 is 0. The monoisotopic (exact) mass is 353 g/mol. The minimum absolute atomic E-state index is 0.0655. The van der Waals surface area contributed by atoms with Crippen LogP contribution in [0.3, 0.4) is 0 Å². The molecule has 0 fully saturated rings. The van der Waals surface area contributed by atoms with Gasteiger partial charge in [0.25, 0.3) is 0 Å². The van der Waals surface area contributed by atoms with E-state index in [-0.39, 0.29) is 18.6 Å². The molecule has 1 amide bonds. The Balaban J connectivity index is 2.38. The van der Waals surface area contributed by atoms with Crippen molar-refractivity contribution in [1.82, 2.24) is 5.32 Å². The zero-order valence-electron chi connectivity index (χ0n) is 14.9. The number of amides is 1. The van der Waals surface area contributed by atoms with Gasteiger partial charge in [0.1, 0.15) is 11.8 Å². The molecular weight excluding hydrogens is 330 g/mol. The van der Waals surface area contributed by atoms with Gasteiger partial charge in [-0.25, -0.2) is 4.79 Å². The van der Waals surface area contributed by atoms with Crippen molar-refractivity contribution in [3.8, 4) is 0 Å². The maximum absolute atomic E-state index is 13.2. The Kier molecular flexibility index (Phi) is 6.28. The van der Waals surface area contributed by atoms with E-state index < -0.39 is 23.3 Å². The molecule has 5 nitrogen and oxygen atoms in total. The molecule has 0 aliphatic rings. The minimum atomic E-state index is -1.15. The highest BCUT2D eigenvalue weighted by molar-refractivity contribution is 5.94. The van der Waals surface area contributed by atoms with Crippen molar-refractivity contribution in [2.45, 2.75) is 38.1 Å². The van der Waals surface area contributed by atoms with Crippen LogP contribution in [0.1, 0.15) is 37.8 Å². The van der Waals surface area contributed by atoms with Crippen molar-refractivity contribution < 1.29 is 19.5 Å². The number of benzene rings is 2. The molecule has 2 aromatic rings. The molecule has 136 valence electrons. The number of nitrogens with one attached hydrogen (secondary N) is 1. The molecule has 0 bridgehead atoms. The van der Waals surface area contributed by atoms with Crippen molar-refractivity contribution in [1.29, 1.82) is 0 Å². The van der Waals surface area contributed by atoms with Crippen molar-refractivity contribution >= 4 is 17.7 Å². The van der Waals surface area contributed by atoms with Crippen LogP contribution in [0.25, 0.3) is 0 Å². The predicted octanol–water partition coefficient (Wildman–Crippen LogP) is 2.93. The van der Waals surface area contributed by atoms with Gasteiger partial charge in [0.15, 0.2) is 0 Å². The molecule has 2 rings (SSSR count). The van der Waals surface area contributed by atoms with Gasteiger partial charge in [0.05, 0.1) is 5.41 Å². The lowest BCUT2D eigenvalue weighted by atomic mass is 9.75. The van der Waals surface area contributed by atoms with Crippen LogP contribution < -0.4 is 5.32 Å². The average Bonchev–Trinajstić information content (AvgIpc) is 2.65. The molecule has 0 aliphatic heterocycles. The quantitative estimate of drug-likeness (QED) is 0.764. The van der Waals surface area contributed by atoms with Crippen molar-refractivity contribution in [3.63, 3.8) is 0 Å². The summed E-state index contributed by atoms with van der Waals surface area (Å²) in [4.78, 5) is 35.9. The number of hydrogen-bond donors (Lipinski definition) is 2. The van der Waals surface area contributed by atoms with E-state index in [1.165, 1.54) is 6.92 Å². The molecule has 0 aliphatic carbocycles. The third-order valence-electron chi connectivity index (χ3n) is 4.54. The third kappa shape index (κ3) is 4.36. The van der Waals surface area contributed by atoms with E-state index in [4.69, 9.17) is 0 Å². The molecule has 2 aromatic carbocycles. The maximum atomic E-state index is 13.2. The summed E-state index contributed by atoms with van der Waals surface area (Å²) in [5, 5.41) is 12.0. The minimum Gasteiger partial charge on any atom is -0.480 e. The van der Waals surface area contributed by atoms with E-state index in [0.29, 0.717) is 0 Å². The van der Waals surface area contributed by atoms with Crippen LogP contribution in [-0.4, -0.2) is 28.8 Å². The second kappa shape index (κ2) is 8.43. The number of carboxylic acids is 1. The molecule has 0 saturated heterocycles. The molecule has 0 aromatic heterocycles. The van der Waals surface area contributed by atoms with Gasteiger partial charge in [-0.1, -0.05) is 60.7 Å². The summed E-state index contributed by atoms with van der Waals surface area (Å²) in [6.07, 6.45) is 0.167. The highest BCUT2D eigenvalue weighted by Crippen LogP contribution is 2.32. The first kappa shape index (κ1) is 19.4. The fourth-order valence-corrected chi connectivity index (χ4v) is 2.88. The molecule has 5 heteroatoms. The molecule has 0 spiro atoms. The molecular formula is C21H23NO4. The van der Waals surface area contributed by atoms with Crippen LogP contribution in [0.15, 0.2) is 60.7 Å². The van der Waals surface area contributed by atoms with Gasteiger partial charge in [-0.2, -0.15) is 0 Å². The molecule has 1 atom stereocenters. The molecule has 0 saturated carbocycles. The number of aliphatic carboxylic acids is 1. The number of carboxylic acid groups (broad SMARTS) is 1. The summed E-state index contributed by atoms with van der Waals surface area (Å²) in [6.45, 7) is 3.18. The number of Topliss-reactive ketones (excluding diaryl/α,β-unsaturated/α-hetero) is 1. The lowest BCUT2D eigenvalue weighted by Crippen LogP contribution is -2.50. The number of ketones is 1. The summed E-state index contributed by atoms with van der Waals surface area (Å²) in [5.41, 5.74) is 0.478. The van der Waals surface area contributed by atoms with E-state index >= 15 is 0 Å². The Bertz CT molecular complexity index is 732. The summed E-state index contributed by atoms with van der Waals surface area (Å²) in [5.74, 6) is -1.67. The normalized spacial score (nSPS) is 12.2. The fourth-order valence-electron chi connectivity index (χ4n) is 2.88. The standard InChI is InChI=1S/C21H23NO4/c1-15(23)13-14-18(19(24)25)22-20(26)21(2,16-9-5-3-6-10-16)17-11-7-4-8-12-17/h3-12,18H,13-14H2,1-2H3,(H,22,26)(H,24,25)/t18-/m1/s1. The maximum Gasteiger partial charge on any atom is 0.326 e. The van der Waals surface area contributed by atoms with Gasteiger partial charge >= 0.3 is 5.97 Å². The predicted molar refractivity (Wildman–Crippen MR) is 98.8 cm³/mol. The molecule has 26 heavy (non-hydrogen) atoms. The zero-order valence-corrected chi connectivity index (χ0v) is 14.9. The summed E-state index contributed by atoms with van der Waals surface area (Å²) in [7, 11) is 0. The van der Waals surface area contributed by atoms with Gasteiger partial charge in [-0.3, -0.25) is 4.79 Å². The largest absolute Gasteiger partial charge is 0.480 e. The second-order valence-corrected chi connectivity index (χ2v) is 6.46. The van der Waals surface area contributed by atoms with Gasteiger partial charge in [0.2, 0.25) is 5.91 Å². The van der Waals surface area contributed by atoms with Crippen LogP contribution >= 0.6 is 0 Å². The Labute approximate surface area is 153 Å². The Morgan fingerprint density at radius 1 is 0.962 bits per heavy atom. The van der Waals surface area contributed by atoms with Crippen LogP contribution in [0, 0.1) is 0 Å². The first-order chi connectivity index (χ1) is 12.4. The molecule has 0 unspecified atom stereocenters. The lowest BCUT2D eigenvalue weighted by molar-refractivity contribution is -0.142. The van der Waals surface area contributed by atoms with Gasteiger partial charge in [-0.05, 0) is 31.4 Å². The van der Waals surface area contributed by atoms with E-state index in [2.05, 4.69) is 5.32 Å². The number of carbonyl (C=O) groups is 3. The van der Waals surface area contributed by atoms with Crippen molar-refractivity contribution in [2.24, 2.45) is 0 Å². The Morgan fingerprint density at radius 2 is 1.42 bits per heavy atom. The number of hydrogen-bond acceptors (Lipinski definition) is 3. The van der Waals surface area contributed by atoms with Crippen molar-refractivity contribution in [2.75, 3.05) is 0 Å². The summed E-state index contributed by atoms with van der Waals surface area (Å²) in [6, 6.07) is 17.4. The molecule has 2 N–H and O–H groups in total. The number of rotatable bonds is 8. The van der Waals surface area contributed by atoms with Gasteiger partial charge in [-0.15, -0.1) is 0 Å². The zero-order chi connectivity index (χ0) is 19.2. The first-order valence-corrected chi connectivity index (χ1v) is 8.50. The van der Waals surface area contributed by atoms with E-state index in [0.717, 1.165) is 11.1 Å². The number of carbonyl (C=O) groups excluding carboxylic acids is 2. The molecule has 0 radical (unpaired) electrons. The SMILES string of the molecule is CC(=O)CC[C@@H](NC(=O)C(C)(c1ccccc1)c1ccccc1)C(=O)O. The second-order valence-electron chi connectivity index (χ2n) is 6.46. The van der Waals surface area contributed by atoms with Crippen LogP contribution in [0.2, 0.25) is 0 Å². The fraction of sp³-hybridized carbons (Fsp3) is 0.286. The van der Waals surface area contributed by atoms with E-state index in [1.54, 1.807) is 6.92 Å². The Hall–Kier alpha value is -2.95. The smallest absolute Gasteiger partial charge is 0.326 e. The topological polar surface area (TPSA) is 83.5 Å². The average molecular weight is 353 g/mol. The first-order valence-electron chi connectivity index (χ1n) is 8.50.